The zero-order chi connectivity index (χ0) is 14.7. The molecule has 0 spiro atoms. The molecule has 0 radical (unpaired) electrons. The van der Waals surface area contributed by atoms with Gasteiger partial charge in [-0.15, -0.1) is 24.2 Å². The molecule has 1 saturated carbocycles. The molecule has 0 atom stereocenters. The standard InChI is InChI=1S/C14H18Cl2N2OS.ClH/c1-20-13-6-10(11(15)7-12(13)16)14(19)18-9-4-2-8(17)3-5-9;/h6-9H,2-5,17H2,1H3,(H,18,19);1H. The number of carbonyl (C=O) groups is 1. The van der Waals surface area contributed by atoms with Gasteiger partial charge in [0, 0.05) is 17.0 Å². The summed E-state index contributed by atoms with van der Waals surface area (Å²) in [6.07, 6.45) is 5.67. The first kappa shape index (κ1) is 18.9. The molecule has 1 amide bonds. The van der Waals surface area contributed by atoms with E-state index in [0.717, 1.165) is 30.6 Å². The molecule has 3 nitrogen and oxygen atoms in total. The Labute approximate surface area is 145 Å². The number of amides is 1. The number of thioether (sulfide) groups is 1. The Morgan fingerprint density at radius 2 is 1.86 bits per heavy atom. The molecule has 118 valence electrons. The fourth-order valence-corrected chi connectivity index (χ4v) is 3.58. The molecule has 0 saturated heterocycles. The van der Waals surface area contributed by atoms with E-state index in [0.29, 0.717) is 15.6 Å². The summed E-state index contributed by atoms with van der Waals surface area (Å²) in [5, 5.41) is 3.99. The Hall–Kier alpha value is -0.130. The van der Waals surface area contributed by atoms with Crippen LogP contribution in [0.3, 0.4) is 0 Å². The lowest BCUT2D eigenvalue weighted by molar-refractivity contribution is 0.0926. The van der Waals surface area contributed by atoms with Crippen LogP contribution in [0.1, 0.15) is 36.0 Å². The third-order valence-electron chi connectivity index (χ3n) is 3.59. The van der Waals surface area contributed by atoms with Gasteiger partial charge < -0.3 is 11.1 Å². The van der Waals surface area contributed by atoms with Gasteiger partial charge in [0.05, 0.1) is 15.6 Å². The largest absolute Gasteiger partial charge is 0.349 e. The number of rotatable bonds is 3. The lowest BCUT2D eigenvalue weighted by Gasteiger charge is -2.27. The highest BCUT2D eigenvalue weighted by Crippen LogP contribution is 2.31. The molecule has 21 heavy (non-hydrogen) atoms. The van der Waals surface area contributed by atoms with Crippen LogP contribution in [0.2, 0.25) is 10.0 Å². The topological polar surface area (TPSA) is 55.1 Å². The molecule has 1 aliphatic rings. The molecular weight excluding hydrogens is 351 g/mol. The van der Waals surface area contributed by atoms with Crippen molar-refractivity contribution in [2.45, 2.75) is 42.7 Å². The van der Waals surface area contributed by atoms with Crippen molar-refractivity contribution in [2.24, 2.45) is 5.73 Å². The summed E-state index contributed by atoms with van der Waals surface area (Å²) in [6.45, 7) is 0. The van der Waals surface area contributed by atoms with Crippen molar-refractivity contribution in [1.82, 2.24) is 5.32 Å². The van der Waals surface area contributed by atoms with E-state index >= 15 is 0 Å². The molecular formula is C14H19Cl3N2OS. The summed E-state index contributed by atoms with van der Waals surface area (Å²) in [5.41, 5.74) is 6.35. The van der Waals surface area contributed by atoms with Gasteiger partial charge in [0.1, 0.15) is 0 Å². The van der Waals surface area contributed by atoms with Gasteiger partial charge in [-0.2, -0.15) is 0 Å². The van der Waals surface area contributed by atoms with Crippen LogP contribution < -0.4 is 11.1 Å². The van der Waals surface area contributed by atoms with Crippen LogP contribution in [0.25, 0.3) is 0 Å². The average molecular weight is 370 g/mol. The van der Waals surface area contributed by atoms with Crippen molar-refractivity contribution < 1.29 is 4.79 Å². The zero-order valence-corrected chi connectivity index (χ0v) is 14.8. The maximum atomic E-state index is 12.3. The Kier molecular flexibility index (Phi) is 7.65. The average Bonchev–Trinajstić information content (AvgIpc) is 2.41. The number of nitrogens with two attached hydrogens (primary N) is 1. The highest BCUT2D eigenvalue weighted by atomic mass is 35.5. The highest BCUT2D eigenvalue weighted by Gasteiger charge is 2.22. The van der Waals surface area contributed by atoms with Crippen LogP contribution >= 0.6 is 47.4 Å². The number of carbonyl (C=O) groups excluding carboxylic acids is 1. The van der Waals surface area contributed by atoms with Gasteiger partial charge in [0.15, 0.2) is 0 Å². The van der Waals surface area contributed by atoms with Gasteiger partial charge in [-0.25, -0.2) is 0 Å². The predicted octanol–water partition coefficient (Wildman–Crippen LogP) is 4.14. The maximum absolute atomic E-state index is 12.3. The summed E-state index contributed by atoms with van der Waals surface area (Å²) in [6, 6.07) is 3.83. The van der Waals surface area contributed by atoms with Crippen LogP contribution in [-0.2, 0) is 0 Å². The van der Waals surface area contributed by atoms with Gasteiger partial charge in [0.25, 0.3) is 5.91 Å². The molecule has 7 heteroatoms. The van der Waals surface area contributed by atoms with Crippen molar-refractivity contribution in [3.8, 4) is 0 Å². The molecule has 0 unspecified atom stereocenters. The van der Waals surface area contributed by atoms with E-state index in [1.54, 1.807) is 12.1 Å². The maximum Gasteiger partial charge on any atom is 0.253 e. The summed E-state index contributed by atoms with van der Waals surface area (Å²) in [5.74, 6) is -0.137. The molecule has 3 N–H and O–H groups in total. The van der Waals surface area contributed by atoms with Crippen LogP contribution in [0.4, 0.5) is 0 Å². The van der Waals surface area contributed by atoms with E-state index in [9.17, 15) is 4.79 Å². The fraction of sp³-hybridized carbons (Fsp3) is 0.500. The summed E-state index contributed by atoms with van der Waals surface area (Å²) in [4.78, 5) is 13.2. The molecule has 1 aliphatic carbocycles. The lowest BCUT2D eigenvalue weighted by atomic mass is 9.91. The van der Waals surface area contributed by atoms with Crippen LogP contribution in [0.15, 0.2) is 17.0 Å². The third kappa shape index (κ3) is 4.93. The smallest absolute Gasteiger partial charge is 0.253 e. The predicted molar refractivity (Wildman–Crippen MR) is 93.2 cm³/mol. The van der Waals surface area contributed by atoms with Crippen LogP contribution in [0.5, 0.6) is 0 Å². The highest BCUT2D eigenvalue weighted by molar-refractivity contribution is 7.98. The van der Waals surface area contributed by atoms with Crippen molar-refractivity contribution in [2.75, 3.05) is 6.26 Å². The zero-order valence-electron chi connectivity index (χ0n) is 11.7. The van der Waals surface area contributed by atoms with E-state index in [-0.39, 0.29) is 30.4 Å². The molecule has 0 aliphatic heterocycles. The number of halogens is 3. The Balaban J connectivity index is 0.00000220. The lowest BCUT2D eigenvalue weighted by Crippen LogP contribution is -2.40. The van der Waals surface area contributed by atoms with Gasteiger partial charge in [0.2, 0.25) is 0 Å². The van der Waals surface area contributed by atoms with Crippen molar-refractivity contribution in [3.63, 3.8) is 0 Å². The van der Waals surface area contributed by atoms with Gasteiger partial charge in [-0.05, 0) is 44.1 Å². The second-order valence-electron chi connectivity index (χ2n) is 5.05. The summed E-state index contributed by atoms with van der Waals surface area (Å²) < 4.78 is 0. The molecule has 0 aromatic heterocycles. The van der Waals surface area contributed by atoms with E-state index in [1.807, 2.05) is 6.26 Å². The number of nitrogens with one attached hydrogen (secondary N) is 1. The second kappa shape index (κ2) is 8.49. The van der Waals surface area contributed by atoms with Crippen molar-refractivity contribution in [1.29, 1.82) is 0 Å². The first-order valence-electron chi connectivity index (χ1n) is 6.60. The third-order valence-corrected chi connectivity index (χ3v) is 5.11. The molecule has 1 aromatic rings. The van der Waals surface area contributed by atoms with E-state index in [2.05, 4.69) is 5.32 Å². The minimum atomic E-state index is -0.137. The van der Waals surface area contributed by atoms with Gasteiger partial charge >= 0.3 is 0 Å². The molecule has 2 rings (SSSR count). The number of hydrogen-bond donors (Lipinski definition) is 2. The van der Waals surface area contributed by atoms with Crippen molar-refractivity contribution in [3.05, 3.63) is 27.7 Å². The van der Waals surface area contributed by atoms with E-state index < -0.39 is 0 Å². The van der Waals surface area contributed by atoms with E-state index in [1.165, 1.54) is 11.8 Å². The van der Waals surface area contributed by atoms with Crippen LogP contribution in [-0.4, -0.2) is 24.2 Å². The Morgan fingerprint density at radius 1 is 1.24 bits per heavy atom. The van der Waals surface area contributed by atoms with Gasteiger partial charge in [-0.1, -0.05) is 23.2 Å². The Bertz CT molecular complexity index is 505. The van der Waals surface area contributed by atoms with E-state index in [4.69, 9.17) is 28.9 Å². The number of hydrogen-bond acceptors (Lipinski definition) is 3. The van der Waals surface area contributed by atoms with Gasteiger partial charge in [-0.3, -0.25) is 4.79 Å². The minimum Gasteiger partial charge on any atom is -0.349 e. The SMILES string of the molecule is CSc1cc(C(=O)NC2CCC(N)CC2)c(Cl)cc1Cl.Cl. The second-order valence-corrected chi connectivity index (χ2v) is 6.71. The molecule has 1 fully saturated rings. The summed E-state index contributed by atoms with van der Waals surface area (Å²) in [7, 11) is 0. The van der Waals surface area contributed by atoms with Crippen LogP contribution in [0, 0.1) is 0 Å². The summed E-state index contributed by atoms with van der Waals surface area (Å²) >= 11 is 13.7. The molecule has 0 bridgehead atoms. The minimum absolute atomic E-state index is 0. The molecule has 0 heterocycles. The monoisotopic (exact) mass is 368 g/mol. The Morgan fingerprint density at radius 3 is 2.43 bits per heavy atom. The van der Waals surface area contributed by atoms with Crippen molar-refractivity contribution >= 4 is 53.3 Å². The molecule has 1 aromatic carbocycles. The fourth-order valence-electron chi connectivity index (χ4n) is 2.39. The quantitative estimate of drug-likeness (QED) is 0.787. The first-order valence-corrected chi connectivity index (χ1v) is 8.58. The first-order chi connectivity index (χ1) is 9.51. The number of benzene rings is 1. The normalized spacial score (nSPS) is 21.5.